The van der Waals surface area contributed by atoms with Crippen LogP contribution >= 0.6 is 0 Å². The Balaban J connectivity index is 2.62. The molecule has 0 bridgehead atoms. The summed E-state index contributed by atoms with van der Waals surface area (Å²) in [7, 11) is 0. The number of hydrogen-bond donors (Lipinski definition) is 2. The third-order valence-corrected chi connectivity index (χ3v) is 3.96. The van der Waals surface area contributed by atoms with Gasteiger partial charge in [-0.1, -0.05) is 50.6 Å². The highest BCUT2D eigenvalue weighted by molar-refractivity contribution is 5.71. The molecule has 1 unspecified atom stereocenters. The van der Waals surface area contributed by atoms with Crippen molar-refractivity contribution >= 4 is 12.1 Å². The number of aliphatic hydroxyl groups is 1. The molecule has 0 spiro atoms. The Morgan fingerprint density at radius 2 is 1.81 bits per heavy atom. The minimum absolute atomic E-state index is 0.0308. The minimum Gasteiger partial charge on any atom is -0.460 e. The van der Waals surface area contributed by atoms with Crippen LogP contribution in [-0.4, -0.2) is 34.9 Å². The van der Waals surface area contributed by atoms with Crippen molar-refractivity contribution in [2.24, 2.45) is 5.92 Å². The van der Waals surface area contributed by atoms with Crippen LogP contribution in [0.25, 0.3) is 0 Å². The maximum atomic E-state index is 12.1. The van der Waals surface area contributed by atoms with E-state index in [4.69, 9.17) is 9.47 Å². The summed E-state index contributed by atoms with van der Waals surface area (Å²) in [6, 6.07) is 8.73. The van der Waals surface area contributed by atoms with Crippen molar-refractivity contribution in [3.8, 4) is 0 Å². The fourth-order valence-electron chi connectivity index (χ4n) is 2.45. The molecule has 2 N–H and O–H groups in total. The lowest BCUT2D eigenvalue weighted by atomic mass is 9.93. The van der Waals surface area contributed by atoms with Crippen molar-refractivity contribution in [1.29, 1.82) is 0 Å². The highest BCUT2D eigenvalue weighted by atomic mass is 16.6. The van der Waals surface area contributed by atoms with Crippen molar-refractivity contribution in [3.63, 3.8) is 0 Å². The van der Waals surface area contributed by atoms with Crippen LogP contribution < -0.4 is 5.32 Å². The second-order valence-corrected chi connectivity index (χ2v) is 7.48. The molecule has 6 heteroatoms. The summed E-state index contributed by atoms with van der Waals surface area (Å²) in [5, 5.41) is 13.1. The topological polar surface area (TPSA) is 84.9 Å². The van der Waals surface area contributed by atoms with Crippen molar-refractivity contribution in [2.75, 3.05) is 0 Å². The highest BCUT2D eigenvalue weighted by Gasteiger charge is 2.30. The van der Waals surface area contributed by atoms with Crippen LogP contribution in [0.5, 0.6) is 0 Å². The monoisotopic (exact) mass is 365 g/mol. The second-order valence-electron chi connectivity index (χ2n) is 7.48. The van der Waals surface area contributed by atoms with Gasteiger partial charge in [-0.05, 0) is 32.3 Å². The van der Waals surface area contributed by atoms with E-state index in [0.29, 0.717) is 0 Å². The van der Waals surface area contributed by atoms with E-state index in [0.717, 1.165) is 12.0 Å². The number of esters is 1. The van der Waals surface area contributed by atoms with Crippen molar-refractivity contribution in [3.05, 3.63) is 35.9 Å². The first-order chi connectivity index (χ1) is 12.1. The molecule has 146 valence electrons. The van der Waals surface area contributed by atoms with Gasteiger partial charge in [-0.3, -0.25) is 4.79 Å². The predicted molar refractivity (Wildman–Crippen MR) is 99.5 cm³/mol. The molecule has 0 aliphatic carbocycles. The summed E-state index contributed by atoms with van der Waals surface area (Å²) in [4.78, 5) is 24.1. The number of hydrogen-bond acceptors (Lipinski definition) is 5. The van der Waals surface area contributed by atoms with Gasteiger partial charge in [0.1, 0.15) is 12.2 Å². The SMILES string of the molecule is CCC(C)[C@H](NC(=O)OCc1ccccc1)[C@H](O)CC(=O)OC(C)(C)C. The summed E-state index contributed by atoms with van der Waals surface area (Å²) in [5.41, 5.74) is 0.252. The quantitative estimate of drug-likeness (QED) is 0.690. The van der Waals surface area contributed by atoms with Crippen LogP contribution in [0.1, 0.15) is 53.0 Å². The first-order valence-electron chi connectivity index (χ1n) is 8.99. The van der Waals surface area contributed by atoms with Crippen molar-refractivity contribution in [2.45, 2.75) is 71.8 Å². The van der Waals surface area contributed by atoms with Gasteiger partial charge in [-0.2, -0.15) is 0 Å². The first-order valence-corrected chi connectivity index (χ1v) is 8.99. The lowest BCUT2D eigenvalue weighted by Crippen LogP contribution is -2.48. The van der Waals surface area contributed by atoms with Gasteiger partial charge in [0.25, 0.3) is 0 Å². The predicted octanol–water partition coefficient (Wildman–Crippen LogP) is 3.42. The Morgan fingerprint density at radius 1 is 1.19 bits per heavy atom. The van der Waals surface area contributed by atoms with Crippen LogP contribution in [0.2, 0.25) is 0 Å². The van der Waals surface area contributed by atoms with Gasteiger partial charge in [0.15, 0.2) is 0 Å². The van der Waals surface area contributed by atoms with E-state index in [1.807, 2.05) is 44.2 Å². The summed E-state index contributed by atoms with van der Waals surface area (Å²) in [5.74, 6) is -0.533. The lowest BCUT2D eigenvalue weighted by Gasteiger charge is -2.29. The summed E-state index contributed by atoms with van der Waals surface area (Å²) >= 11 is 0. The minimum atomic E-state index is -1.05. The molecule has 1 rings (SSSR count). The van der Waals surface area contributed by atoms with Crippen molar-refractivity contribution in [1.82, 2.24) is 5.32 Å². The Kier molecular flexibility index (Phi) is 8.58. The Morgan fingerprint density at radius 3 is 2.35 bits per heavy atom. The molecule has 1 aromatic carbocycles. The number of benzene rings is 1. The van der Waals surface area contributed by atoms with Crippen LogP contribution in [0.3, 0.4) is 0 Å². The van der Waals surface area contributed by atoms with E-state index in [-0.39, 0.29) is 18.9 Å². The molecule has 3 atom stereocenters. The second kappa shape index (κ2) is 10.2. The molecule has 0 aromatic heterocycles. The summed E-state index contributed by atoms with van der Waals surface area (Å²) in [6.07, 6.45) is -1.13. The molecule has 0 saturated heterocycles. The highest BCUT2D eigenvalue weighted by Crippen LogP contribution is 2.17. The van der Waals surface area contributed by atoms with Crippen molar-refractivity contribution < 1.29 is 24.2 Å². The van der Waals surface area contributed by atoms with Crippen LogP contribution in [0, 0.1) is 5.92 Å². The molecule has 26 heavy (non-hydrogen) atoms. The van der Waals surface area contributed by atoms with E-state index in [1.165, 1.54) is 0 Å². The number of ether oxygens (including phenoxy) is 2. The van der Waals surface area contributed by atoms with Gasteiger partial charge in [0.05, 0.1) is 18.6 Å². The summed E-state index contributed by atoms with van der Waals surface area (Å²) in [6.45, 7) is 9.30. The summed E-state index contributed by atoms with van der Waals surface area (Å²) < 4.78 is 10.5. The van der Waals surface area contributed by atoms with Gasteiger partial charge < -0.3 is 19.9 Å². The van der Waals surface area contributed by atoms with E-state index in [9.17, 15) is 14.7 Å². The standard InChI is InChI=1S/C20H31NO5/c1-6-14(2)18(16(22)12-17(23)26-20(3,4)5)21-19(24)25-13-15-10-8-7-9-11-15/h7-11,14,16,18,22H,6,12-13H2,1-5H3,(H,21,24)/t14?,16-,18+/m1/s1. The molecule has 6 nitrogen and oxygen atoms in total. The molecule has 0 heterocycles. The molecule has 0 radical (unpaired) electrons. The van der Waals surface area contributed by atoms with Crippen LogP contribution in [-0.2, 0) is 20.9 Å². The van der Waals surface area contributed by atoms with Gasteiger partial charge >= 0.3 is 12.1 Å². The number of carbonyl (C=O) groups is 2. The molecule has 0 fully saturated rings. The average Bonchev–Trinajstić information content (AvgIpc) is 2.56. The first kappa shape index (κ1) is 22.0. The largest absolute Gasteiger partial charge is 0.460 e. The van der Waals surface area contributed by atoms with Gasteiger partial charge in [-0.25, -0.2) is 4.79 Å². The normalized spacial score (nSPS) is 14.8. The average molecular weight is 365 g/mol. The van der Waals surface area contributed by atoms with Gasteiger partial charge in [0, 0.05) is 0 Å². The number of alkyl carbamates (subject to hydrolysis) is 1. The molecule has 0 aliphatic heterocycles. The third kappa shape index (κ3) is 8.34. The van der Waals surface area contributed by atoms with Crippen LogP contribution in [0.15, 0.2) is 30.3 Å². The molecule has 1 aromatic rings. The number of carbonyl (C=O) groups excluding carboxylic acids is 2. The zero-order valence-corrected chi connectivity index (χ0v) is 16.3. The van der Waals surface area contributed by atoms with Crippen LogP contribution in [0.4, 0.5) is 4.79 Å². The fourth-order valence-corrected chi connectivity index (χ4v) is 2.45. The number of amides is 1. The number of aliphatic hydroxyl groups excluding tert-OH is 1. The van der Waals surface area contributed by atoms with E-state index < -0.39 is 29.8 Å². The van der Waals surface area contributed by atoms with E-state index >= 15 is 0 Å². The Hall–Kier alpha value is -2.08. The molecule has 0 aliphatic rings. The number of rotatable bonds is 8. The zero-order chi connectivity index (χ0) is 19.7. The fraction of sp³-hybridized carbons (Fsp3) is 0.600. The van der Waals surface area contributed by atoms with Gasteiger partial charge in [0.2, 0.25) is 0 Å². The van der Waals surface area contributed by atoms with E-state index in [1.54, 1.807) is 20.8 Å². The zero-order valence-electron chi connectivity index (χ0n) is 16.3. The Bertz CT molecular complexity index is 567. The molecule has 0 saturated carbocycles. The maximum Gasteiger partial charge on any atom is 0.407 e. The van der Waals surface area contributed by atoms with Gasteiger partial charge in [-0.15, -0.1) is 0 Å². The molecule has 1 amide bonds. The molecular formula is C20H31NO5. The third-order valence-electron chi connectivity index (χ3n) is 3.96. The smallest absolute Gasteiger partial charge is 0.407 e. The maximum absolute atomic E-state index is 12.1. The number of nitrogens with one attached hydrogen (secondary N) is 1. The van der Waals surface area contributed by atoms with E-state index in [2.05, 4.69) is 5.32 Å². The molecular weight excluding hydrogens is 334 g/mol. The lowest BCUT2D eigenvalue weighted by molar-refractivity contribution is -0.157. The Labute approximate surface area is 155 Å².